The van der Waals surface area contributed by atoms with E-state index in [1.165, 1.54) is 24.8 Å². The summed E-state index contributed by atoms with van der Waals surface area (Å²) in [5, 5.41) is 3.26. The van der Waals surface area contributed by atoms with E-state index in [1.54, 1.807) is 0 Å². The quantitative estimate of drug-likeness (QED) is 0.793. The van der Waals surface area contributed by atoms with Crippen LogP contribution in [-0.2, 0) is 9.53 Å². The minimum absolute atomic E-state index is 0.0728. The van der Waals surface area contributed by atoms with Crippen LogP contribution in [0.1, 0.15) is 51.0 Å². The summed E-state index contributed by atoms with van der Waals surface area (Å²) in [5.41, 5.74) is 2.29. The van der Waals surface area contributed by atoms with E-state index < -0.39 is 0 Å². The number of hydrogen-bond acceptors (Lipinski definition) is 3. The normalized spacial score (nSPS) is 21.8. The summed E-state index contributed by atoms with van der Waals surface area (Å²) in [6.45, 7) is 4.92. The maximum Gasteiger partial charge on any atom is 0.307 e. The zero-order valence-electron chi connectivity index (χ0n) is 13.2. The molecule has 2 unspecified atom stereocenters. The molecular weight excluding hydrogens is 262 g/mol. The Hall–Kier alpha value is -1.51. The van der Waals surface area contributed by atoms with Gasteiger partial charge in [-0.3, -0.25) is 4.79 Å². The van der Waals surface area contributed by atoms with Gasteiger partial charge in [0.15, 0.2) is 0 Å². The first-order valence-corrected chi connectivity index (χ1v) is 8.17. The molecule has 0 amide bonds. The molecule has 3 nitrogen and oxygen atoms in total. The lowest BCUT2D eigenvalue weighted by molar-refractivity contribution is -0.151. The molecule has 3 heteroatoms. The van der Waals surface area contributed by atoms with E-state index in [1.807, 2.05) is 12.1 Å². The largest absolute Gasteiger partial charge is 0.462 e. The van der Waals surface area contributed by atoms with Crippen LogP contribution in [0.15, 0.2) is 24.3 Å². The van der Waals surface area contributed by atoms with Crippen LogP contribution < -0.4 is 5.32 Å². The molecule has 21 heavy (non-hydrogen) atoms. The SMILES string of the molecule is CCC1CCCC(OC(=O)CCNc2ccc(C)cc2)C1. The lowest BCUT2D eigenvalue weighted by Crippen LogP contribution is -2.26. The average molecular weight is 289 g/mol. The molecule has 0 aromatic heterocycles. The second-order valence-electron chi connectivity index (χ2n) is 6.10. The molecule has 1 saturated carbocycles. The van der Waals surface area contributed by atoms with Crippen molar-refractivity contribution >= 4 is 11.7 Å². The molecule has 2 atom stereocenters. The fraction of sp³-hybridized carbons (Fsp3) is 0.611. The van der Waals surface area contributed by atoms with Crippen molar-refractivity contribution in [2.24, 2.45) is 5.92 Å². The topological polar surface area (TPSA) is 38.3 Å². The van der Waals surface area contributed by atoms with Crippen LogP contribution in [0.5, 0.6) is 0 Å². The highest BCUT2D eigenvalue weighted by Gasteiger charge is 2.23. The Morgan fingerprint density at radius 1 is 1.29 bits per heavy atom. The van der Waals surface area contributed by atoms with Gasteiger partial charge in [0.2, 0.25) is 0 Å². The minimum atomic E-state index is -0.0728. The summed E-state index contributed by atoms with van der Waals surface area (Å²) in [4.78, 5) is 11.9. The highest BCUT2D eigenvalue weighted by atomic mass is 16.5. The number of ether oxygens (including phenoxy) is 1. The van der Waals surface area contributed by atoms with Crippen LogP contribution in [0.3, 0.4) is 0 Å². The monoisotopic (exact) mass is 289 g/mol. The van der Waals surface area contributed by atoms with E-state index in [9.17, 15) is 4.79 Å². The molecule has 0 saturated heterocycles. The van der Waals surface area contributed by atoms with E-state index >= 15 is 0 Å². The first-order chi connectivity index (χ1) is 10.2. The van der Waals surface area contributed by atoms with Crippen molar-refractivity contribution in [3.8, 4) is 0 Å². The predicted octanol–water partition coefficient (Wildman–Crippen LogP) is 4.31. The second-order valence-corrected chi connectivity index (χ2v) is 6.10. The Morgan fingerprint density at radius 2 is 2.05 bits per heavy atom. The molecule has 1 aliphatic rings. The molecule has 0 spiro atoms. The number of aryl methyl sites for hydroxylation is 1. The van der Waals surface area contributed by atoms with Gasteiger partial charge in [0.05, 0.1) is 6.42 Å². The third kappa shape index (κ3) is 5.41. The van der Waals surface area contributed by atoms with Crippen LogP contribution in [0.4, 0.5) is 5.69 Å². The third-order valence-corrected chi connectivity index (χ3v) is 4.32. The van der Waals surface area contributed by atoms with Gasteiger partial charge in [0.1, 0.15) is 6.10 Å². The molecule has 0 aliphatic heterocycles. The molecule has 0 bridgehead atoms. The molecule has 1 aliphatic carbocycles. The van der Waals surface area contributed by atoms with Gasteiger partial charge in [0.25, 0.3) is 0 Å². The van der Waals surface area contributed by atoms with E-state index in [4.69, 9.17) is 4.74 Å². The van der Waals surface area contributed by atoms with Gasteiger partial charge in [-0.05, 0) is 44.2 Å². The van der Waals surface area contributed by atoms with Crippen molar-refractivity contribution < 1.29 is 9.53 Å². The van der Waals surface area contributed by atoms with Crippen molar-refractivity contribution in [2.75, 3.05) is 11.9 Å². The van der Waals surface area contributed by atoms with Crippen LogP contribution in [0.2, 0.25) is 0 Å². The van der Waals surface area contributed by atoms with Gasteiger partial charge in [-0.1, -0.05) is 37.5 Å². The molecule has 0 heterocycles. The first kappa shape index (κ1) is 15.9. The zero-order chi connectivity index (χ0) is 15.1. The highest BCUT2D eigenvalue weighted by molar-refractivity contribution is 5.70. The van der Waals surface area contributed by atoms with Crippen LogP contribution in [-0.4, -0.2) is 18.6 Å². The number of hydrogen-bond donors (Lipinski definition) is 1. The summed E-state index contributed by atoms with van der Waals surface area (Å²) < 4.78 is 5.60. The van der Waals surface area contributed by atoms with Crippen LogP contribution in [0, 0.1) is 12.8 Å². The van der Waals surface area contributed by atoms with Gasteiger partial charge < -0.3 is 10.1 Å². The molecular formula is C18H27NO2. The maximum atomic E-state index is 11.9. The minimum Gasteiger partial charge on any atom is -0.462 e. The van der Waals surface area contributed by atoms with Crippen molar-refractivity contribution in [2.45, 2.75) is 58.5 Å². The summed E-state index contributed by atoms with van der Waals surface area (Å²) in [6.07, 6.45) is 6.35. The fourth-order valence-corrected chi connectivity index (χ4v) is 2.94. The van der Waals surface area contributed by atoms with Gasteiger partial charge in [-0.15, -0.1) is 0 Å². The van der Waals surface area contributed by atoms with Gasteiger partial charge in [-0.2, -0.15) is 0 Å². The number of carbonyl (C=O) groups is 1. The maximum absolute atomic E-state index is 11.9. The summed E-state index contributed by atoms with van der Waals surface area (Å²) in [7, 11) is 0. The smallest absolute Gasteiger partial charge is 0.307 e. The van der Waals surface area contributed by atoms with E-state index in [0.717, 1.165) is 24.4 Å². The highest BCUT2D eigenvalue weighted by Crippen LogP contribution is 2.28. The van der Waals surface area contributed by atoms with Gasteiger partial charge >= 0.3 is 5.97 Å². The lowest BCUT2D eigenvalue weighted by atomic mass is 9.85. The molecule has 116 valence electrons. The molecule has 1 N–H and O–H groups in total. The van der Waals surface area contributed by atoms with Crippen molar-refractivity contribution in [1.29, 1.82) is 0 Å². The Labute approximate surface area is 128 Å². The molecule has 1 aromatic rings. The standard InChI is InChI=1S/C18H27NO2/c1-3-15-5-4-6-17(13-15)21-18(20)11-12-19-16-9-7-14(2)8-10-16/h7-10,15,17,19H,3-6,11-13H2,1-2H3. The zero-order valence-corrected chi connectivity index (χ0v) is 13.2. The second kappa shape index (κ2) is 8.06. The van der Waals surface area contributed by atoms with E-state index in [0.29, 0.717) is 13.0 Å². The first-order valence-electron chi connectivity index (χ1n) is 8.17. The third-order valence-electron chi connectivity index (χ3n) is 4.32. The number of rotatable bonds is 6. The lowest BCUT2D eigenvalue weighted by Gasteiger charge is -2.28. The Bertz CT molecular complexity index is 441. The fourth-order valence-electron chi connectivity index (χ4n) is 2.94. The number of anilines is 1. The molecule has 0 radical (unpaired) electrons. The van der Waals surface area contributed by atoms with Crippen LogP contribution in [0.25, 0.3) is 0 Å². The average Bonchev–Trinajstić information content (AvgIpc) is 2.49. The Morgan fingerprint density at radius 3 is 2.76 bits per heavy atom. The van der Waals surface area contributed by atoms with Gasteiger partial charge in [0, 0.05) is 12.2 Å². The van der Waals surface area contributed by atoms with Crippen molar-refractivity contribution in [3.63, 3.8) is 0 Å². The Balaban J connectivity index is 1.66. The number of benzene rings is 1. The molecule has 1 aromatic carbocycles. The van der Waals surface area contributed by atoms with E-state index in [-0.39, 0.29) is 12.1 Å². The number of esters is 1. The van der Waals surface area contributed by atoms with Crippen molar-refractivity contribution in [3.05, 3.63) is 29.8 Å². The summed E-state index contributed by atoms with van der Waals surface area (Å²) in [6, 6.07) is 8.20. The van der Waals surface area contributed by atoms with Crippen LogP contribution >= 0.6 is 0 Å². The Kier molecular flexibility index (Phi) is 6.09. The van der Waals surface area contributed by atoms with E-state index in [2.05, 4.69) is 31.3 Å². The molecule has 2 rings (SSSR count). The summed E-state index contributed by atoms with van der Waals surface area (Å²) >= 11 is 0. The summed E-state index contributed by atoms with van der Waals surface area (Å²) in [5.74, 6) is 0.665. The van der Waals surface area contributed by atoms with Crippen molar-refractivity contribution in [1.82, 2.24) is 0 Å². The molecule has 1 fully saturated rings. The number of nitrogens with one attached hydrogen (secondary N) is 1. The number of carbonyl (C=O) groups excluding carboxylic acids is 1. The predicted molar refractivity (Wildman–Crippen MR) is 86.4 cm³/mol. The van der Waals surface area contributed by atoms with Gasteiger partial charge in [-0.25, -0.2) is 0 Å².